The van der Waals surface area contributed by atoms with Crippen LogP contribution in [0, 0.1) is 11.6 Å². The maximum Gasteiger partial charge on any atom is 0.149 e. The summed E-state index contributed by atoms with van der Waals surface area (Å²) in [6.45, 7) is 3.12. The second-order valence-corrected chi connectivity index (χ2v) is 4.85. The van der Waals surface area contributed by atoms with E-state index in [2.05, 4.69) is 31.3 Å². The van der Waals surface area contributed by atoms with Crippen LogP contribution < -0.4 is 5.32 Å². The zero-order valence-corrected chi connectivity index (χ0v) is 11.9. The Kier molecular flexibility index (Phi) is 4.47. The average Bonchev–Trinajstić information content (AvgIpc) is 2.80. The predicted octanol–water partition coefficient (Wildman–Crippen LogP) is 3.34. The second-order valence-electron chi connectivity index (χ2n) is 4.00. The number of aromatic nitrogens is 3. The SMILES string of the molecule is CCCn1ncnc1CNc1cc(Br)c(F)cc1F. The largest absolute Gasteiger partial charge is 0.375 e. The van der Waals surface area contributed by atoms with Crippen LogP contribution in [0.15, 0.2) is 22.9 Å². The molecule has 0 saturated heterocycles. The average molecular weight is 331 g/mol. The van der Waals surface area contributed by atoms with E-state index in [0.29, 0.717) is 12.4 Å². The zero-order valence-electron chi connectivity index (χ0n) is 10.3. The molecule has 1 aromatic carbocycles. The highest BCUT2D eigenvalue weighted by atomic mass is 79.9. The molecule has 0 unspecified atom stereocenters. The van der Waals surface area contributed by atoms with Crippen LogP contribution in [0.4, 0.5) is 14.5 Å². The molecule has 2 aromatic rings. The summed E-state index contributed by atoms with van der Waals surface area (Å²) in [5, 5.41) is 6.96. The number of benzene rings is 1. The fraction of sp³-hybridized carbons (Fsp3) is 0.333. The van der Waals surface area contributed by atoms with Crippen molar-refractivity contribution in [3.05, 3.63) is 40.4 Å². The number of aryl methyl sites for hydroxylation is 1. The molecule has 0 fully saturated rings. The first-order valence-corrected chi connectivity index (χ1v) is 6.66. The van der Waals surface area contributed by atoms with E-state index in [1.54, 1.807) is 4.68 Å². The van der Waals surface area contributed by atoms with Crippen LogP contribution in [0.1, 0.15) is 19.2 Å². The van der Waals surface area contributed by atoms with Crippen molar-refractivity contribution in [2.24, 2.45) is 0 Å². The van der Waals surface area contributed by atoms with Crippen LogP contribution in [0.25, 0.3) is 0 Å². The fourth-order valence-electron chi connectivity index (χ4n) is 1.66. The highest BCUT2D eigenvalue weighted by Crippen LogP contribution is 2.23. The van der Waals surface area contributed by atoms with Gasteiger partial charge in [0, 0.05) is 12.6 Å². The molecule has 0 aliphatic rings. The van der Waals surface area contributed by atoms with E-state index in [1.807, 2.05) is 6.92 Å². The summed E-state index contributed by atoms with van der Waals surface area (Å²) >= 11 is 3.02. The smallest absolute Gasteiger partial charge is 0.149 e. The third-order valence-electron chi connectivity index (χ3n) is 2.58. The van der Waals surface area contributed by atoms with Crippen molar-refractivity contribution < 1.29 is 8.78 Å². The minimum absolute atomic E-state index is 0.214. The molecule has 7 heteroatoms. The highest BCUT2D eigenvalue weighted by molar-refractivity contribution is 9.10. The minimum atomic E-state index is -0.637. The number of anilines is 1. The summed E-state index contributed by atoms with van der Waals surface area (Å²) < 4.78 is 28.6. The number of nitrogens with one attached hydrogen (secondary N) is 1. The first-order chi connectivity index (χ1) is 9.11. The molecular formula is C12H13BrF2N4. The third kappa shape index (κ3) is 3.28. The van der Waals surface area contributed by atoms with Crippen LogP contribution in [-0.4, -0.2) is 14.8 Å². The summed E-state index contributed by atoms with van der Waals surface area (Å²) in [5.41, 5.74) is 0.222. The molecule has 1 aromatic heterocycles. The Morgan fingerprint density at radius 2 is 2.11 bits per heavy atom. The molecule has 102 valence electrons. The summed E-state index contributed by atoms with van der Waals surface area (Å²) in [6, 6.07) is 2.20. The van der Waals surface area contributed by atoms with Gasteiger partial charge >= 0.3 is 0 Å². The van der Waals surface area contributed by atoms with Crippen LogP contribution in [0.3, 0.4) is 0 Å². The first-order valence-electron chi connectivity index (χ1n) is 5.87. The predicted molar refractivity (Wildman–Crippen MR) is 71.7 cm³/mol. The van der Waals surface area contributed by atoms with E-state index < -0.39 is 11.6 Å². The van der Waals surface area contributed by atoms with E-state index in [1.165, 1.54) is 12.4 Å². The zero-order chi connectivity index (χ0) is 13.8. The Hall–Kier alpha value is -1.50. The summed E-state index contributed by atoms with van der Waals surface area (Å²) in [4.78, 5) is 4.10. The number of nitrogens with zero attached hydrogens (tertiary/aromatic N) is 3. The second kappa shape index (κ2) is 6.10. The van der Waals surface area contributed by atoms with E-state index in [-0.39, 0.29) is 10.2 Å². The number of hydrogen-bond acceptors (Lipinski definition) is 3. The number of rotatable bonds is 5. The molecule has 1 N–H and O–H groups in total. The molecule has 0 atom stereocenters. The van der Waals surface area contributed by atoms with Gasteiger partial charge in [-0.05, 0) is 28.4 Å². The molecule has 0 bridgehead atoms. The molecule has 0 aliphatic carbocycles. The molecule has 1 heterocycles. The molecule has 0 aliphatic heterocycles. The van der Waals surface area contributed by atoms with Crippen LogP contribution >= 0.6 is 15.9 Å². The van der Waals surface area contributed by atoms with Crippen molar-refractivity contribution in [3.63, 3.8) is 0 Å². The lowest BCUT2D eigenvalue weighted by Gasteiger charge is -2.09. The van der Waals surface area contributed by atoms with Gasteiger partial charge in [0.05, 0.1) is 16.7 Å². The topological polar surface area (TPSA) is 42.7 Å². The lowest BCUT2D eigenvalue weighted by Crippen LogP contribution is -2.10. The van der Waals surface area contributed by atoms with E-state index in [0.717, 1.165) is 19.0 Å². The summed E-state index contributed by atoms with van der Waals surface area (Å²) in [5.74, 6) is -0.554. The lowest BCUT2D eigenvalue weighted by atomic mass is 10.3. The standard InChI is InChI=1S/C12H13BrF2N4/c1-2-3-19-12(17-7-18-19)6-16-11-4-8(13)9(14)5-10(11)15/h4-5,7,16H,2-3,6H2,1H3. The van der Waals surface area contributed by atoms with E-state index in [9.17, 15) is 8.78 Å². The molecule has 19 heavy (non-hydrogen) atoms. The van der Waals surface area contributed by atoms with Gasteiger partial charge in [-0.15, -0.1) is 0 Å². The van der Waals surface area contributed by atoms with Gasteiger partial charge in [-0.1, -0.05) is 6.92 Å². The van der Waals surface area contributed by atoms with Crippen molar-refractivity contribution in [1.82, 2.24) is 14.8 Å². The van der Waals surface area contributed by atoms with Crippen LogP contribution in [-0.2, 0) is 13.1 Å². The summed E-state index contributed by atoms with van der Waals surface area (Å²) in [7, 11) is 0. The van der Waals surface area contributed by atoms with Crippen molar-refractivity contribution in [3.8, 4) is 0 Å². The van der Waals surface area contributed by atoms with Gasteiger partial charge in [0.2, 0.25) is 0 Å². The Balaban J connectivity index is 2.10. The van der Waals surface area contributed by atoms with Gasteiger partial charge in [-0.2, -0.15) is 5.10 Å². The highest BCUT2D eigenvalue weighted by Gasteiger charge is 2.09. The molecule has 2 rings (SSSR count). The third-order valence-corrected chi connectivity index (χ3v) is 3.19. The normalized spacial score (nSPS) is 10.7. The van der Waals surface area contributed by atoms with Crippen LogP contribution in [0.2, 0.25) is 0 Å². The first kappa shape index (κ1) is 13.9. The van der Waals surface area contributed by atoms with Gasteiger partial charge in [0.25, 0.3) is 0 Å². The van der Waals surface area contributed by atoms with Crippen molar-refractivity contribution in [1.29, 1.82) is 0 Å². The van der Waals surface area contributed by atoms with E-state index in [4.69, 9.17) is 0 Å². The van der Waals surface area contributed by atoms with Gasteiger partial charge in [0.1, 0.15) is 23.8 Å². The monoisotopic (exact) mass is 330 g/mol. The Labute approximate surface area is 118 Å². The Bertz CT molecular complexity index is 571. The van der Waals surface area contributed by atoms with Gasteiger partial charge in [-0.25, -0.2) is 18.4 Å². The number of halogens is 3. The summed E-state index contributed by atoms with van der Waals surface area (Å²) in [6.07, 6.45) is 2.40. The van der Waals surface area contributed by atoms with Crippen molar-refractivity contribution >= 4 is 21.6 Å². The number of hydrogen-bond donors (Lipinski definition) is 1. The molecule has 4 nitrogen and oxygen atoms in total. The lowest BCUT2D eigenvalue weighted by molar-refractivity contribution is 0.569. The minimum Gasteiger partial charge on any atom is -0.375 e. The molecule has 0 spiro atoms. The molecule has 0 saturated carbocycles. The fourth-order valence-corrected chi connectivity index (χ4v) is 2.00. The quantitative estimate of drug-likeness (QED) is 0.855. The Morgan fingerprint density at radius 3 is 2.84 bits per heavy atom. The van der Waals surface area contributed by atoms with Crippen molar-refractivity contribution in [2.75, 3.05) is 5.32 Å². The van der Waals surface area contributed by atoms with E-state index >= 15 is 0 Å². The van der Waals surface area contributed by atoms with Gasteiger partial charge in [-0.3, -0.25) is 0 Å². The molecular weight excluding hydrogens is 318 g/mol. The maximum atomic E-state index is 13.5. The van der Waals surface area contributed by atoms with Gasteiger partial charge < -0.3 is 5.32 Å². The molecule has 0 amide bonds. The van der Waals surface area contributed by atoms with Crippen LogP contribution in [0.5, 0.6) is 0 Å². The maximum absolute atomic E-state index is 13.5. The molecule has 0 radical (unpaired) electrons. The Morgan fingerprint density at radius 1 is 1.32 bits per heavy atom. The van der Waals surface area contributed by atoms with Crippen molar-refractivity contribution in [2.45, 2.75) is 26.4 Å². The van der Waals surface area contributed by atoms with Gasteiger partial charge in [0.15, 0.2) is 0 Å².